The molecule has 1 fully saturated rings. The lowest BCUT2D eigenvalue weighted by molar-refractivity contribution is -0.136. The second-order valence-electron chi connectivity index (χ2n) is 7.20. The lowest BCUT2D eigenvalue weighted by Gasteiger charge is -2.29. The molecule has 2 aromatic carbocycles. The number of halogens is 1. The Balaban J connectivity index is 0.00000256. The third kappa shape index (κ3) is 4.13. The molecule has 1 saturated heterocycles. The van der Waals surface area contributed by atoms with Crippen LogP contribution >= 0.6 is 12.4 Å². The van der Waals surface area contributed by atoms with E-state index in [4.69, 9.17) is 5.73 Å². The van der Waals surface area contributed by atoms with Gasteiger partial charge in [0.1, 0.15) is 6.04 Å². The standard InChI is InChI=1S/C21H20N4O4.ClH/c22-15-4-1-12(2-5-15)10-23-19(27)13-3-6-16-14(9-13)11-25(21(16)29)17-7-8-18(26)24-20(17)28;/h1-6,9,17H,7-8,10-11,22H2,(H,23,27)(H,24,26,28);1H. The molecule has 0 bridgehead atoms. The van der Waals surface area contributed by atoms with Crippen molar-refractivity contribution in [2.24, 2.45) is 0 Å². The molecule has 2 aliphatic rings. The second-order valence-corrected chi connectivity index (χ2v) is 7.20. The maximum Gasteiger partial charge on any atom is 0.255 e. The van der Waals surface area contributed by atoms with Gasteiger partial charge in [-0.05, 0) is 47.9 Å². The average Bonchev–Trinajstić information content (AvgIpc) is 3.03. The maximum atomic E-state index is 12.7. The van der Waals surface area contributed by atoms with E-state index in [9.17, 15) is 19.2 Å². The fourth-order valence-electron chi connectivity index (χ4n) is 3.64. The van der Waals surface area contributed by atoms with Crippen LogP contribution in [0, 0.1) is 0 Å². The van der Waals surface area contributed by atoms with E-state index in [1.807, 2.05) is 12.1 Å². The first kappa shape index (κ1) is 21.3. The van der Waals surface area contributed by atoms with E-state index < -0.39 is 11.9 Å². The number of nitrogens with zero attached hydrogens (tertiary/aromatic N) is 1. The van der Waals surface area contributed by atoms with Gasteiger partial charge in [0.05, 0.1) is 0 Å². The zero-order valence-corrected chi connectivity index (χ0v) is 16.8. The predicted molar refractivity (Wildman–Crippen MR) is 112 cm³/mol. The average molecular weight is 429 g/mol. The Morgan fingerprint density at radius 1 is 1.13 bits per heavy atom. The molecular formula is C21H21ClN4O4. The summed E-state index contributed by atoms with van der Waals surface area (Å²) in [7, 11) is 0. The van der Waals surface area contributed by atoms with Crippen LogP contribution < -0.4 is 16.4 Å². The van der Waals surface area contributed by atoms with E-state index in [0.29, 0.717) is 35.3 Å². The molecule has 4 amide bonds. The number of amides is 4. The Morgan fingerprint density at radius 3 is 2.57 bits per heavy atom. The van der Waals surface area contributed by atoms with Gasteiger partial charge < -0.3 is 16.0 Å². The van der Waals surface area contributed by atoms with E-state index in [2.05, 4.69) is 10.6 Å². The van der Waals surface area contributed by atoms with Crippen LogP contribution in [0.25, 0.3) is 0 Å². The Hall–Kier alpha value is -3.39. The monoisotopic (exact) mass is 428 g/mol. The van der Waals surface area contributed by atoms with Crippen molar-refractivity contribution < 1.29 is 19.2 Å². The molecule has 0 aliphatic carbocycles. The van der Waals surface area contributed by atoms with Crippen LogP contribution in [-0.2, 0) is 22.7 Å². The minimum atomic E-state index is -0.671. The van der Waals surface area contributed by atoms with Crippen molar-refractivity contribution in [3.8, 4) is 0 Å². The van der Waals surface area contributed by atoms with Gasteiger partial charge in [0.25, 0.3) is 11.8 Å². The normalized spacial score (nSPS) is 17.8. The number of hydrogen-bond acceptors (Lipinski definition) is 5. The number of benzene rings is 2. The molecule has 0 spiro atoms. The summed E-state index contributed by atoms with van der Waals surface area (Å²) in [5, 5.41) is 5.12. The number of rotatable bonds is 4. The van der Waals surface area contributed by atoms with Crippen LogP contribution in [0.4, 0.5) is 5.69 Å². The topological polar surface area (TPSA) is 122 Å². The van der Waals surface area contributed by atoms with E-state index in [-0.39, 0.29) is 43.1 Å². The predicted octanol–water partition coefficient (Wildman–Crippen LogP) is 1.38. The number of carbonyl (C=O) groups excluding carboxylic acids is 4. The highest BCUT2D eigenvalue weighted by molar-refractivity contribution is 6.06. The van der Waals surface area contributed by atoms with Gasteiger partial charge in [-0.25, -0.2) is 0 Å². The number of nitrogens with two attached hydrogens (primary N) is 1. The smallest absolute Gasteiger partial charge is 0.255 e. The zero-order chi connectivity index (χ0) is 20.5. The second kappa shape index (κ2) is 8.54. The third-order valence-electron chi connectivity index (χ3n) is 5.22. The summed E-state index contributed by atoms with van der Waals surface area (Å²) in [6.45, 7) is 0.594. The van der Waals surface area contributed by atoms with E-state index >= 15 is 0 Å². The summed E-state index contributed by atoms with van der Waals surface area (Å²) >= 11 is 0. The molecule has 2 aromatic rings. The number of anilines is 1. The lowest BCUT2D eigenvalue weighted by Crippen LogP contribution is -2.52. The molecule has 2 aliphatic heterocycles. The summed E-state index contributed by atoms with van der Waals surface area (Å²) in [5.74, 6) is -1.29. The SMILES string of the molecule is Cl.Nc1ccc(CNC(=O)c2ccc3c(c2)CN(C2CCC(=O)NC2=O)C3=O)cc1. The maximum absolute atomic E-state index is 12.7. The lowest BCUT2D eigenvalue weighted by atomic mass is 10.0. The van der Waals surface area contributed by atoms with Crippen molar-refractivity contribution in [1.82, 2.24) is 15.5 Å². The van der Waals surface area contributed by atoms with Gasteiger partial charge in [-0.3, -0.25) is 24.5 Å². The highest BCUT2D eigenvalue weighted by Crippen LogP contribution is 2.28. The van der Waals surface area contributed by atoms with Gasteiger partial charge in [0, 0.05) is 36.3 Å². The van der Waals surface area contributed by atoms with Crippen molar-refractivity contribution in [1.29, 1.82) is 0 Å². The van der Waals surface area contributed by atoms with Crippen molar-refractivity contribution >= 4 is 41.7 Å². The molecule has 1 unspecified atom stereocenters. The van der Waals surface area contributed by atoms with Crippen molar-refractivity contribution in [3.63, 3.8) is 0 Å². The third-order valence-corrected chi connectivity index (χ3v) is 5.22. The van der Waals surface area contributed by atoms with Crippen molar-refractivity contribution in [2.45, 2.75) is 32.0 Å². The molecule has 8 nitrogen and oxygen atoms in total. The van der Waals surface area contributed by atoms with Gasteiger partial charge in [-0.1, -0.05) is 12.1 Å². The van der Waals surface area contributed by atoms with Gasteiger partial charge in [0.15, 0.2) is 0 Å². The van der Waals surface area contributed by atoms with Gasteiger partial charge in [-0.2, -0.15) is 0 Å². The van der Waals surface area contributed by atoms with Crippen LogP contribution in [0.15, 0.2) is 42.5 Å². The fourth-order valence-corrected chi connectivity index (χ4v) is 3.64. The number of imide groups is 1. The minimum absolute atomic E-state index is 0. The molecule has 4 rings (SSSR count). The Kier molecular flexibility index (Phi) is 6.07. The zero-order valence-electron chi connectivity index (χ0n) is 16.0. The van der Waals surface area contributed by atoms with Crippen LogP contribution in [0.2, 0.25) is 0 Å². The minimum Gasteiger partial charge on any atom is -0.399 e. The fraction of sp³-hybridized carbons (Fsp3) is 0.238. The highest BCUT2D eigenvalue weighted by atomic mass is 35.5. The largest absolute Gasteiger partial charge is 0.399 e. The summed E-state index contributed by atoms with van der Waals surface area (Å²) in [6, 6.07) is 11.4. The first-order chi connectivity index (χ1) is 13.9. The number of carbonyl (C=O) groups is 4. The van der Waals surface area contributed by atoms with E-state index in [1.54, 1.807) is 30.3 Å². The van der Waals surface area contributed by atoms with Crippen molar-refractivity contribution in [2.75, 3.05) is 5.73 Å². The van der Waals surface area contributed by atoms with Crippen LogP contribution in [0.3, 0.4) is 0 Å². The molecule has 1 atom stereocenters. The number of hydrogen-bond donors (Lipinski definition) is 3. The number of nitrogens with one attached hydrogen (secondary N) is 2. The first-order valence-corrected chi connectivity index (χ1v) is 9.32. The summed E-state index contributed by atoms with van der Waals surface area (Å²) < 4.78 is 0. The summed E-state index contributed by atoms with van der Waals surface area (Å²) in [4.78, 5) is 50.1. The molecule has 9 heteroatoms. The molecule has 30 heavy (non-hydrogen) atoms. The first-order valence-electron chi connectivity index (χ1n) is 9.32. The van der Waals surface area contributed by atoms with E-state index in [1.165, 1.54) is 4.90 Å². The highest BCUT2D eigenvalue weighted by Gasteiger charge is 2.39. The molecule has 0 radical (unpaired) electrons. The summed E-state index contributed by atoms with van der Waals surface area (Å²) in [5.41, 5.74) is 8.85. The van der Waals surface area contributed by atoms with E-state index in [0.717, 1.165) is 5.56 Å². The Bertz CT molecular complexity index is 1020. The molecule has 2 heterocycles. The van der Waals surface area contributed by atoms with Gasteiger partial charge >= 0.3 is 0 Å². The summed E-state index contributed by atoms with van der Waals surface area (Å²) in [6.07, 6.45) is 0.509. The number of nitrogen functional groups attached to an aromatic ring is 1. The van der Waals surface area contributed by atoms with Crippen molar-refractivity contribution in [3.05, 3.63) is 64.7 Å². The molecule has 0 saturated carbocycles. The molecular weight excluding hydrogens is 408 g/mol. The number of piperidine rings is 1. The Morgan fingerprint density at radius 2 is 1.87 bits per heavy atom. The molecule has 0 aromatic heterocycles. The number of fused-ring (bicyclic) bond motifs is 1. The van der Waals surface area contributed by atoms with Gasteiger partial charge in [-0.15, -0.1) is 12.4 Å². The molecule has 156 valence electrons. The molecule has 4 N–H and O–H groups in total. The Labute approximate surface area is 179 Å². The quantitative estimate of drug-likeness (QED) is 0.501. The van der Waals surface area contributed by atoms with Crippen LogP contribution in [0.1, 0.15) is 44.7 Å². The van der Waals surface area contributed by atoms with Crippen LogP contribution in [0.5, 0.6) is 0 Å². The van der Waals surface area contributed by atoms with Crippen LogP contribution in [-0.4, -0.2) is 34.6 Å². The van der Waals surface area contributed by atoms with Gasteiger partial charge in [0.2, 0.25) is 11.8 Å².